The SMILES string of the molecule is O=C(Nc1ccc([N+](=O)[O-])cc1)C1CCOC1. The number of hydrogen-bond donors (Lipinski definition) is 1. The number of carbonyl (C=O) groups is 1. The van der Waals surface area contributed by atoms with E-state index < -0.39 is 4.92 Å². The van der Waals surface area contributed by atoms with E-state index in [1.807, 2.05) is 0 Å². The Morgan fingerprint density at radius 2 is 2.12 bits per heavy atom. The average Bonchev–Trinajstić information content (AvgIpc) is 2.83. The van der Waals surface area contributed by atoms with Crippen LogP contribution in [0.5, 0.6) is 0 Å². The number of nitrogens with zero attached hydrogens (tertiary/aromatic N) is 1. The van der Waals surface area contributed by atoms with Gasteiger partial charge < -0.3 is 10.1 Å². The van der Waals surface area contributed by atoms with E-state index in [4.69, 9.17) is 4.74 Å². The van der Waals surface area contributed by atoms with Crippen molar-refractivity contribution in [2.45, 2.75) is 6.42 Å². The zero-order chi connectivity index (χ0) is 12.3. The summed E-state index contributed by atoms with van der Waals surface area (Å²) >= 11 is 0. The molecule has 0 aromatic heterocycles. The van der Waals surface area contributed by atoms with Crippen LogP contribution in [-0.2, 0) is 9.53 Å². The fraction of sp³-hybridized carbons (Fsp3) is 0.364. The van der Waals surface area contributed by atoms with Crippen molar-refractivity contribution in [3.05, 3.63) is 34.4 Å². The van der Waals surface area contributed by atoms with Crippen molar-refractivity contribution in [1.29, 1.82) is 0 Å². The first kappa shape index (κ1) is 11.5. The smallest absolute Gasteiger partial charge is 0.269 e. The lowest BCUT2D eigenvalue weighted by molar-refractivity contribution is -0.384. The van der Waals surface area contributed by atoms with Gasteiger partial charge in [0.25, 0.3) is 5.69 Å². The van der Waals surface area contributed by atoms with Crippen LogP contribution in [0.15, 0.2) is 24.3 Å². The predicted molar refractivity (Wildman–Crippen MR) is 60.7 cm³/mol. The molecule has 1 aromatic rings. The minimum Gasteiger partial charge on any atom is -0.381 e. The average molecular weight is 236 g/mol. The molecule has 0 spiro atoms. The maximum absolute atomic E-state index is 11.7. The summed E-state index contributed by atoms with van der Waals surface area (Å²) in [6.07, 6.45) is 0.721. The van der Waals surface area contributed by atoms with Gasteiger partial charge in [-0.15, -0.1) is 0 Å². The molecule has 1 aliphatic rings. The molecule has 1 aliphatic heterocycles. The van der Waals surface area contributed by atoms with Crippen molar-refractivity contribution in [2.24, 2.45) is 5.92 Å². The zero-order valence-corrected chi connectivity index (χ0v) is 9.09. The third kappa shape index (κ3) is 2.79. The first-order chi connectivity index (χ1) is 8.16. The first-order valence-electron chi connectivity index (χ1n) is 5.30. The lowest BCUT2D eigenvalue weighted by Crippen LogP contribution is -2.22. The summed E-state index contributed by atoms with van der Waals surface area (Å²) in [5.74, 6) is -0.221. The van der Waals surface area contributed by atoms with Crippen molar-refractivity contribution in [2.75, 3.05) is 18.5 Å². The Bertz CT molecular complexity index is 424. The van der Waals surface area contributed by atoms with Gasteiger partial charge in [0.1, 0.15) is 0 Å². The van der Waals surface area contributed by atoms with Crippen LogP contribution in [0, 0.1) is 16.0 Å². The van der Waals surface area contributed by atoms with Gasteiger partial charge in [0.05, 0.1) is 17.4 Å². The number of carbonyl (C=O) groups excluding carboxylic acids is 1. The summed E-state index contributed by atoms with van der Waals surface area (Å²) < 4.78 is 5.12. The number of hydrogen-bond acceptors (Lipinski definition) is 4. The Balaban J connectivity index is 1.98. The molecule has 90 valence electrons. The van der Waals surface area contributed by atoms with E-state index >= 15 is 0 Å². The summed E-state index contributed by atoms with van der Waals surface area (Å²) in [6, 6.07) is 5.76. The number of rotatable bonds is 3. The molecule has 1 amide bonds. The van der Waals surface area contributed by atoms with Crippen LogP contribution < -0.4 is 5.32 Å². The molecule has 6 nitrogen and oxygen atoms in total. The van der Waals surface area contributed by atoms with E-state index in [1.54, 1.807) is 0 Å². The fourth-order valence-electron chi connectivity index (χ4n) is 1.65. The van der Waals surface area contributed by atoms with Crippen LogP contribution in [-0.4, -0.2) is 24.0 Å². The summed E-state index contributed by atoms with van der Waals surface area (Å²) in [5.41, 5.74) is 0.569. The number of non-ortho nitro benzene ring substituents is 1. The molecular formula is C11H12N2O4. The number of ether oxygens (including phenoxy) is 1. The van der Waals surface area contributed by atoms with Crippen LogP contribution in [0.3, 0.4) is 0 Å². The van der Waals surface area contributed by atoms with Crippen molar-refractivity contribution < 1.29 is 14.5 Å². The molecule has 1 aromatic carbocycles. The minimum atomic E-state index is -0.476. The molecular weight excluding hydrogens is 224 g/mol. The van der Waals surface area contributed by atoms with Crippen LogP contribution in [0.1, 0.15) is 6.42 Å². The van der Waals surface area contributed by atoms with Crippen LogP contribution >= 0.6 is 0 Å². The molecule has 1 unspecified atom stereocenters. The second kappa shape index (κ2) is 4.92. The van der Waals surface area contributed by atoms with Gasteiger partial charge in [-0.25, -0.2) is 0 Å². The van der Waals surface area contributed by atoms with E-state index in [9.17, 15) is 14.9 Å². The number of amides is 1. The Morgan fingerprint density at radius 1 is 1.41 bits per heavy atom. The van der Waals surface area contributed by atoms with Gasteiger partial charge in [-0.05, 0) is 18.6 Å². The lowest BCUT2D eigenvalue weighted by Gasteiger charge is -2.08. The van der Waals surface area contributed by atoms with E-state index in [-0.39, 0.29) is 17.5 Å². The Hall–Kier alpha value is -1.95. The predicted octanol–water partition coefficient (Wildman–Crippen LogP) is 1.57. The van der Waals surface area contributed by atoms with Crippen molar-refractivity contribution in [3.63, 3.8) is 0 Å². The molecule has 1 N–H and O–H groups in total. The van der Waals surface area contributed by atoms with E-state index in [0.717, 1.165) is 6.42 Å². The first-order valence-corrected chi connectivity index (χ1v) is 5.30. The molecule has 0 bridgehead atoms. The topological polar surface area (TPSA) is 81.5 Å². The monoisotopic (exact) mass is 236 g/mol. The van der Waals surface area contributed by atoms with Gasteiger partial charge in [0.2, 0.25) is 5.91 Å². The van der Waals surface area contributed by atoms with Crippen molar-refractivity contribution in [3.8, 4) is 0 Å². The Labute approximate surface area is 97.7 Å². The molecule has 17 heavy (non-hydrogen) atoms. The van der Waals surface area contributed by atoms with Crippen LogP contribution in [0.2, 0.25) is 0 Å². The lowest BCUT2D eigenvalue weighted by atomic mass is 10.1. The maximum atomic E-state index is 11.7. The van der Waals surface area contributed by atoms with Gasteiger partial charge in [-0.3, -0.25) is 14.9 Å². The van der Waals surface area contributed by atoms with Gasteiger partial charge in [-0.1, -0.05) is 0 Å². The van der Waals surface area contributed by atoms with Crippen LogP contribution in [0.25, 0.3) is 0 Å². The number of nitrogens with one attached hydrogen (secondary N) is 1. The Morgan fingerprint density at radius 3 is 2.65 bits per heavy atom. The van der Waals surface area contributed by atoms with Gasteiger partial charge >= 0.3 is 0 Å². The summed E-state index contributed by atoms with van der Waals surface area (Å²) in [5, 5.41) is 13.2. The second-order valence-electron chi connectivity index (χ2n) is 3.85. The normalized spacial score (nSPS) is 18.9. The Kier molecular flexibility index (Phi) is 3.34. The molecule has 1 fully saturated rings. The minimum absolute atomic E-state index is 0.00667. The van der Waals surface area contributed by atoms with E-state index in [0.29, 0.717) is 18.9 Å². The van der Waals surface area contributed by atoms with Gasteiger partial charge in [0, 0.05) is 24.4 Å². The fourth-order valence-corrected chi connectivity index (χ4v) is 1.65. The second-order valence-corrected chi connectivity index (χ2v) is 3.85. The molecule has 1 saturated heterocycles. The van der Waals surface area contributed by atoms with Gasteiger partial charge in [-0.2, -0.15) is 0 Å². The van der Waals surface area contributed by atoms with Crippen molar-refractivity contribution >= 4 is 17.3 Å². The molecule has 0 radical (unpaired) electrons. The van der Waals surface area contributed by atoms with Gasteiger partial charge in [0.15, 0.2) is 0 Å². The molecule has 6 heteroatoms. The molecule has 1 atom stereocenters. The quantitative estimate of drug-likeness (QED) is 0.638. The summed E-state index contributed by atoms with van der Waals surface area (Å²) in [4.78, 5) is 21.7. The summed E-state index contributed by atoms with van der Waals surface area (Å²) in [7, 11) is 0. The highest BCUT2D eigenvalue weighted by atomic mass is 16.6. The third-order valence-corrected chi connectivity index (χ3v) is 2.65. The largest absolute Gasteiger partial charge is 0.381 e. The number of benzene rings is 1. The number of nitro groups is 1. The molecule has 0 aliphatic carbocycles. The standard InChI is InChI=1S/C11H12N2O4/c14-11(8-5-6-17-7-8)12-9-1-3-10(4-2-9)13(15)16/h1-4,8H,5-7H2,(H,12,14). The number of anilines is 1. The molecule has 1 heterocycles. The van der Waals surface area contributed by atoms with Crippen LogP contribution in [0.4, 0.5) is 11.4 Å². The van der Waals surface area contributed by atoms with E-state index in [1.165, 1.54) is 24.3 Å². The summed E-state index contributed by atoms with van der Waals surface area (Å²) in [6.45, 7) is 1.05. The highest BCUT2D eigenvalue weighted by Gasteiger charge is 2.23. The number of nitro benzene ring substituents is 1. The third-order valence-electron chi connectivity index (χ3n) is 2.65. The molecule has 2 rings (SSSR count). The highest BCUT2D eigenvalue weighted by molar-refractivity contribution is 5.92. The highest BCUT2D eigenvalue weighted by Crippen LogP contribution is 2.18. The van der Waals surface area contributed by atoms with Crippen molar-refractivity contribution in [1.82, 2.24) is 0 Å². The zero-order valence-electron chi connectivity index (χ0n) is 9.09. The van der Waals surface area contributed by atoms with E-state index in [2.05, 4.69) is 5.32 Å². The maximum Gasteiger partial charge on any atom is 0.269 e. The molecule has 0 saturated carbocycles.